The Morgan fingerprint density at radius 2 is 1.95 bits per heavy atom. The van der Waals surface area contributed by atoms with E-state index in [0.29, 0.717) is 24.2 Å². The number of anilines is 1. The van der Waals surface area contributed by atoms with E-state index in [4.69, 9.17) is 0 Å². The quantitative estimate of drug-likeness (QED) is 0.850. The van der Waals surface area contributed by atoms with Crippen molar-refractivity contribution >= 4 is 15.8 Å². The molecule has 2 aromatic rings. The lowest BCUT2D eigenvalue weighted by Gasteiger charge is -2.07. The van der Waals surface area contributed by atoms with Crippen LogP contribution in [0.4, 0.5) is 19.0 Å². The molecular weight excluding hydrogens is 295 g/mol. The van der Waals surface area contributed by atoms with Crippen molar-refractivity contribution in [1.29, 1.82) is 0 Å². The second-order valence-electron chi connectivity index (χ2n) is 3.91. The van der Waals surface area contributed by atoms with E-state index in [-0.39, 0.29) is 5.82 Å². The second-order valence-corrected chi connectivity index (χ2v) is 5.56. The Hall–Kier alpha value is -2.03. The van der Waals surface area contributed by atoms with E-state index in [1.807, 2.05) is 11.6 Å². The van der Waals surface area contributed by atoms with Gasteiger partial charge in [-0.15, -0.1) is 0 Å². The molecule has 1 aromatic carbocycles. The SMILES string of the molecule is CCc1cc(NS(=O)(=O)c2ccc(F)c(F)c2F)n[nH]1. The first-order valence-electron chi connectivity index (χ1n) is 5.55. The summed E-state index contributed by atoms with van der Waals surface area (Å²) < 4.78 is 65.1. The number of aromatic nitrogens is 2. The van der Waals surface area contributed by atoms with Crippen molar-refractivity contribution in [3.05, 3.63) is 41.3 Å². The van der Waals surface area contributed by atoms with Crippen molar-refractivity contribution in [2.45, 2.75) is 18.2 Å². The number of halogens is 3. The van der Waals surface area contributed by atoms with Gasteiger partial charge < -0.3 is 0 Å². The van der Waals surface area contributed by atoms with Crippen LogP contribution in [0.3, 0.4) is 0 Å². The Morgan fingerprint density at radius 1 is 1.25 bits per heavy atom. The minimum Gasteiger partial charge on any atom is -0.280 e. The lowest BCUT2D eigenvalue weighted by Crippen LogP contribution is -2.16. The minimum atomic E-state index is -4.39. The van der Waals surface area contributed by atoms with Crippen LogP contribution in [0.2, 0.25) is 0 Å². The van der Waals surface area contributed by atoms with Gasteiger partial charge in [-0.25, -0.2) is 21.6 Å². The molecule has 0 saturated carbocycles. The average molecular weight is 305 g/mol. The van der Waals surface area contributed by atoms with Crippen molar-refractivity contribution in [3.8, 4) is 0 Å². The molecule has 5 nitrogen and oxygen atoms in total. The summed E-state index contributed by atoms with van der Waals surface area (Å²) in [6.45, 7) is 1.82. The molecule has 0 saturated heterocycles. The molecule has 0 radical (unpaired) electrons. The molecule has 0 aliphatic carbocycles. The smallest absolute Gasteiger partial charge is 0.266 e. The van der Waals surface area contributed by atoms with E-state index in [2.05, 4.69) is 10.2 Å². The third kappa shape index (κ3) is 2.62. The third-order valence-electron chi connectivity index (χ3n) is 2.54. The maximum absolute atomic E-state index is 13.5. The number of nitrogens with one attached hydrogen (secondary N) is 2. The number of aromatic amines is 1. The molecule has 0 atom stereocenters. The summed E-state index contributed by atoms with van der Waals surface area (Å²) >= 11 is 0. The molecule has 2 N–H and O–H groups in total. The molecule has 1 heterocycles. The normalized spacial score (nSPS) is 11.6. The highest BCUT2D eigenvalue weighted by Crippen LogP contribution is 2.21. The molecule has 0 fully saturated rings. The Balaban J connectivity index is 2.38. The highest BCUT2D eigenvalue weighted by atomic mass is 32.2. The Labute approximate surface area is 112 Å². The highest BCUT2D eigenvalue weighted by Gasteiger charge is 2.24. The highest BCUT2D eigenvalue weighted by molar-refractivity contribution is 7.92. The van der Waals surface area contributed by atoms with E-state index in [1.165, 1.54) is 6.07 Å². The van der Waals surface area contributed by atoms with E-state index >= 15 is 0 Å². The van der Waals surface area contributed by atoms with Crippen LogP contribution in [0.5, 0.6) is 0 Å². The number of aryl methyl sites for hydroxylation is 1. The van der Waals surface area contributed by atoms with Gasteiger partial charge in [0.15, 0.2) is 23.3 Å². The Morgan fingerprint density at radius 3 is 2.55 bits per heavy atom. The number of hydrogen-bond acceptors (Lipinski definition) is 3. The molecule has 1 aromatic heterocycles. The van der Waals surface area contributed by atoms with Crippen molar-refractivity contribution in [2.24, 2.45) is 0 Å². The molecule has 9 heteroatoms. The zero-order valence-electron chi connectivity index (χ0n) is 10.2. The number of hydrogen-bond donors (Lipinski definition) is 2. The van der Waals surface area contributed by atoms with Crippen molar-refractivity contribution < 1.29 is 21.6 Å². The first-order chi connectivity index (χ1) is 9.35. The lowest BCUT2D eigenvalue weighted by atomic mass is 10.3. The summed E-state index contributed by atoms with van der Waals surface area (Å²) in [5, 5.41) is 6.22. The summed E-state index contributed by atoms with van der Waals surface area (Å²) in [6.07, 6.45) is 0.592. The van der Waals surface area contributed by atoms with Gasteiger partial charge in [-0.05, 0) is 18.6 Å². The van der Waals surface area contributed by atoms with Gasteiger partial charge in [-0.2, -0.15) is 5.10 Å². The molecule has 2 rings (SSSR count). The topological polar surface area (TPSA) is 74.8 Å². The number of sulfonamides is 1. The van der Waals surface area contributed by atoms with Gasteiger partial charge >= 0.3 is 0 Å². The zero-order chi connectivity index (χ0) is 14.9. The van der Waals surface area contributed by atoms with Gasteiger partial charge in [0.25, 0.3) is 10.0 Å². The average Bonchev–Trinajstić information content (AvgIpc) is 2.82. The Bertz CT molecular complexity index is 743. The van der Waals surface area contributed by atoms with E-state index < -0.39 is 32.4 Å². The van der Waals surface area contributed by atoms with E-state index in [1.54, 1.807) is 0 Å². The van der Waals surface area contributed by atoms with Crippen LogP contribution in [0.1, 0.15) is 12.6 Å². The largest absolute Gasteiger partial charge is 0.280 e. The number of rotatable bonds is 4. The van der Waals surface area contributed by atoms with Crippen LogP contribution in [-0.4, -0.2) is 18.6 Å². The van der Waals surface area contributed by atoms with Crippen LogP contribution in [-0.2, 0) is 16.4 Å². The minimum absolute atomic E-state index is 0.0639. The maximum atomic E-state index is 13.5. The molecule has 108 valence electrons. The van der Waals surface area contributed by atoms with Crippen LogP contribution < -0.4 is 4.72 Å². The molecule has 20 heavy (non-hydrogen) atoms. The fourth-order valence-corrected chi connectivity index (χ4v) is 2.57. The molecular formula is C11H10F3N3O2S. The lowest BCUT2D eigenvalue weighted by molar-refractivity contribution is 0.432. The summed E-state index contributed by atoms with van der Waals surface area (Å²) in [5.74, 6) is -5.15. The summed E-state index contributed by atoms with van der Waals surface area (Å²) in [4.78, 5) is -0.988. The van der Waals surface area contributed by atoms with Crippen LogP contribution >= 0.6 is 0 Å². The van der Waals surface area contributed by atoms with Crippen molar-refractivity contribution in [1.82, 2.24) is 10.2 Å². The maximum Gasteiger partial charge on any atom is 0.266 e. The van der Waals surface area contributed by atoms with Crippen LogP contribution in [0.15, 0.2) is 23.1 Å². The van der Waals surface area contributed by atoms with Gasteiger partial charge in [0.1, 0.15) is 4.90 Å². The van der Waals surface area contributed by atoms with Gasteiger partial charge in [0.2, 0.25) is 0 Å². The van der Waals surface area contributed by atoms with Crippen LogP contribution in [0.25, 0.3) is 0 Å². The fourth-order valence-electron chi connectivity index (χ4n) is 1.50. The molecule has 0 bridgehead atoms. The number of nitrogens with zero attached hydrogens (tertiary/aromatic N) is 1. The monoisotopic (exact) mass is 305 g/mol. The van der Waals surface area contributed by atoms with Crippen LogP contribution in [0, 0.1) is 17.5 Å². The standard InChI is InChI=1S/C11H10F3N3O2S/c1-2-6-5-9(16-15-6)17-20(18,19)8-4-3-7(12)10(13)11(8)14/h3-5H,2H2,1H3,(H2,15,16,17). The van der Waals surface area contributed by atoms with E-state index in [9.17, 15) is 21.6 Å². The second kappa shape index (κ2) is 5.16. The van der Waals surface area contributed by atoms with Gasteiger partial charge in [0.05, 0.1) is 0 Å². The van der Waals surface area contributed by atoms with Crippen molar-refractivity contribution in [3.63, 3.8) is 0 Å². The first-order valence-corrected chi connectivity index (χ1v) is 7.04. The molecule has 0 aliphatic rings. The molecule has 0 amide bonds. The molecule has 0 aliphatic heterocycles. The zero-order valence-corrected chi connectivity index (χ0v) is 11.1. The van der Waals surface area contributed by atoms with Crippen molar-refractivity contribution in [2.75, 3.05) is 4.72 Å². The number of benzene rings is 1. The van der Waals surface area contributed by atoms with Gasteiger partial charge in [-0.1, -0.05) is 6.92 Å². The van der Waals surface area contributed by atoms with E-state index in [0.717, 1.165) is 0 Å². The van der Waals surface area contributed by atoms with Gasteiger partial charge in [0, 0.05) is 11.8 Å². The summed E-state index contributed by atoms with van der Waals surface area (Å²) in [7, 11) is -4.39. The van der Waals surface area contributed by atoms with Gasteiger partial charge in [-0.3, -0.25) is 9.82 Å². The number of H-pyrrole nitrogens is 1. The third-order valence-corrected chi connectivity index (χ3v) is 3.91. The molecule has 0 spiro atoms. The fraction of sp³-hybridized carbons (Fsp3) is 0.182. The predicted molar refractivity (Wildman–Crippen MR) is 65.1 cm³/mol. The summed E-state index contributed by atoms with van der Waals surface area (Å²) in [6, 6.07) is 2.59. The first kappa shape index (κ1) is 14.4. The Kier molecular flexibility index (Phi) is 3.71. The predicted octanol–water partition coefficient (Wildman–Crippen LogP) is 2.19. The molecule has 0 unspecified atom stereocenters. The summed E-state index contributed by atoms with van der Waals surface area (Å²) in [5.41, 5.74) is 0.661.